The molecule has 0 aliphatic heterocycles. The van der Waals surface area contributed by atoms with Gasteiger partial charge in [-0.1, -0.05) is 56.1 Å². The molecule has 1 unspecified atom stereocenters. The van der Waals surface area contributed by atoms with Crippen molar-refractivity contribution in [2.24, 2.45) is 5.92 Å². The summed E-state index contributed by atoms with van der Waals surface area (Å²) in [5, 5.41) is 14.0. The van der Waals surface area contributed by atoms with Crippen LogP contribution in [0.1, 0.15) is 68.1 Å². The number of carboxylic acid groups (broad SMARTS) is 1. The van der Waals surface area contributed by atoms with E-state index < -0.39 is 17.7 Å². The van der Waals surface area contributed by atoms with Crippen LogP contribution in [0.3, 0.4) is 0 Å². The van der Waals surface area contributed by atoms with Crippen molar-refractivity contribution in [2.45, 2.75) is 46.6 Å². The van der Waals surface area contributed by atoms with E-state index in [1.165, 1.54) is 25.1 Å². The van der Waals surface area contributed by atoms with Crippen molar-refractivity contribution in [3.63, 3.8) is 0 Å². The standard InChI is InChI=1S/C28H29Cl2FN2O4S/c1-5-24(37-10-9-15(2)3)19-8-6-7-18(25(19)31)23-14-38-28(32-23)33-26(34)17-12-21(29)20(22(30)13-17)11-16(4)27(35)36/h6-8,11-15,24H,5,9-10H2,1-4H3,(H,35,36)(H,32,33,34). The molecular weight excluding hydrogens is 550 g/mol. The average Bonchev–Trinajstić information content (AvgIpc) is 3.32. The van der Waals surface area contributed by atoms with Crippen molar-refractivity contribution in [1.82, 2.24) is 4.98 Å². The molecule has 1 heterocycles. The lowest BCUT2D eigenvalue weighted by Crippen LogP contribution is -2.12. The summed E-state index contributed by atoms with van der Waals surface area (Å²) in [5.74, 6) is -1.52. The van der Waals surface area contributed by atoms with Gasteiger partial charge in [-0.3, -0.25) is 10.1 Å². The summed E-state index contributed by atoms with van der Waals surface area (Å²) in [7, 11) is 0. The Morgan fingerprint density at radius 2 is 1.92 bits per heavy atom. The van der Waals surface area contributed by atoms with E-state index in [0.29, 0.717) is 41.3 Å². The van der Waals surface area contributed by atoms with E-state index in [1.807, 2.05) is 6.92 Å². The molecule has 202 valence electrons. The molecule has 3 rings (SSSR count). The highest BCUT2D eigenvalue weighted by molar-refractivity contribution is 7.14. The SMILES string of the molecule is CCC(OCCC(C)C)c1cccc(-c2csc(NC(=O)c3cc(Cl)c(C=C(C)C(=O)O)c(Cl)c3)n2)c1F. The second-order valence-electron chi connectivity index (χ2n) is 9.14. The van der Waals surface area contributed by atoms with Crippen LogP contribution in [0.5, 0.6) is 0 Å². The normalized spacial score (nSPS) is 12.6. The minimum Gasteiger partial charge on any atom is -0.478 e. The van der Waals surface area contributed by atoms with Gasteiger partial charge in [-0.2, -0.15) is 0 Å². The molecular formula is C28H29Cl2FN2O4S. The molecule has 1 amide bonds. The van der Waals surface area contributed by atoms with Gasteiger partial charge in [0.15, 0.2) is 5.13 Å². The van der Waals surface area contributed by atoms with Gasteiger partial charge in [-0.25, -0.2) is 14.2 Å². The number of carbonyl (C=O) groups excluding carboxylic acids is 1. The Hall–Kier alpha value is -2.78. The van der Waals surface area contributed by atoms with Gasteiger partial charge < -0.3 is 9.84 Å². The van der Waals surface area contributed by atoms with E-state index in [-0.39, 0.29) is 32.4 Å². The van der Waals surface area contributed by atoms with Crippen LogP contribution in [0.4, 0.5) is 9.52 Å². The maximum absolute atomic E-state index is 15.5. The van der Waals surface area contributed by atoms with E-state index in [0.717, 1.165) is 17.8 Å². The first-order chi connectivity index (χ1) is 18.0. The number of halogens is 3. The van der Waals surface area contributed by atoms with Crippen LogP contribution in [0.25, 0.3) is 17.3 Å². The van der Waals surface area contributed by atoms with Crippen LogP contribution in [0.15, 0.2) is 41.3 Å². The van der Waals surface area contributed by atoms with Gasteiger partial charge in [0.25, 0.3) is 5.91 Å². The molecule has 10 heteroatoms. The zero-order valence-electron chi connectivity index (χ0n) is 21.5. The Bertz CT molecular complexity index is 1330. The molecule has 38 heavy (non-hydrogen) atoms. The molecule has 2 aromatic carbocycles. The molecule has 3 aromatic rings. The Morgan fingerprint density at radius 3 is 2.53 bits per heavy atom. The first-order valence-corrected chi connectivity index (χ1v) is 13.7. The summed E-state index contributed by atoms with van der Waals surface area (Å²) < 4.78 is 21.5. The summed E-state index contributed by atoms with van der Waals surface area (Å²) in [5.41, 5.74) is 1.70. The number of anilines is 1. The highest BCUT2D eigenvalue weighted by Crippen LogP contribution is 2.34. The highest BCUT2D eigenvalue weighted by atomic mass is 35.5. The van der Waals surface area contributed by atoms with Gasteiger partial charge in [-0.15, -0.1) is 11.3 Å². The minimum absolute atomic E-state index is 0.0463. The molecule has 0 spiro atoms. The number of aliphatic carboxylic acids is 1. The van der Waals surface area contributed by atoms with Crippen molar-refractivity contribution < 1.29 is 23.8 Å². The van der Waals surface area contributed by atoms with E-state index >= 15 is 4.39 Å². The number of hydrogen-bond donors (Lipinski definition) is 2. The first kappa shape index (κ1) is 29.8. The topological polar surface area (TPSA) is 88.5 Å². The summed E-state index contributed by atoms with van der Waals surface area (Å²) in [6, 6.07) is 7.93. The van der Waals surface area contributed by atoms with Crippen LogP contribution in [-0.2, 0) is 9.53 Å². The second kappa shape index (κ2) is 13.3. The predicted octanol–water partition coefficient (Wildman–Crippen LogP) is 8.51. The molecule has 2 N–H and O–H groups in total. The molecule has 1 atom stereocenters. The molecule has 0 aliphatic rings. The number of nitrogens with zero attached hydrogens (tertiary/aromatic N) is 1. The number of carbonyl (C=O) groups is 2. The third kappa shape index (κ3) is 7.41. The van der Waals surface area contributed by atoms with Crippen LogP contribution in [0, 0.1) is 11.7 Å². The van der Waals surface area contributed by atoms with Crippen LogP contribution in [0.2, 0.25) is 10.0 Å². The maximum Gasteiger partial charge on any atom is 0.331 e. The molecule has 0 aliphatic carbocycles. The Labute approximate surface area is 235 Å². The lowest BCUT2D eigenvalue weighted by Gasteiger charge is -2.19. The minimum atomic E-state index is -1.11. The number of aromatic nitrogens is 1. The number of benzene rings is 2. The quantitative estimate of drug-likeness (QED) is 0.222. The van der Waals surface area contributed by atoms with Gasteiger partial charge in [-0.05, 0) is 50.0 Å². The number of rotatable bonds is 11. The molecule has 0 saturated carbocycles. The molecule has 0 saturated heterocycles. The average molecular weight is 580 g/mol. The lowest BCUT2D eigenvalue weighted by molar-refractivity contribution is -0.132. The number of carboxylic acids is 1. The summed E-state index contributed by atoms with van der Waals surface area (Å²) in [4.78, 5) is 28.4. The zero-order chi connectivity index (χ0) is 28.0. The Balaban J connectivity index is 1.79. The summed E-state index contributed by atoms with van der Waals surface area (Å²) in [6.45, 7) is 8.15. The largest absolute Gasteiger partial charge is 0.478 e. The molecule has 1 aromatic heterocycles. The smallest absolute Gasteiger partial charge is 0.331 e. The van der Waals surface area contributed by atoms with E-state index in [1.54, 1.807) is 23.6 Å². The lowest BCUT2D eigenvalue weighted by atomic mass is 10.0. The monoisotopic (exact) mass is 578 g/mol. The summed E-state index contributed by atoms with van der Waals surface area (Å²) >= 11 is 13.7. The van der Waals surface area contributed by atoms with Crippen molar-refractivity contribution in [2.75, 3.05) is 11.9 Å². The molecule has 6 nitrogen and oxygen atoms in total. The molecule has 0 bridgehead atoms. The zero-order valence-corrected chi connectivity index (χ0v) is 23.8. The van der Waals surface area contributed by atoms with Crippen molar-refractivity contribution in [3.8, 4) is 11.3 Å². The first-order valence-electron chi connectivity index (χ1n) is 12.1. The summed E-state index contributed by atoms with van der Waals surface area (Å²) in [6.07, 6.45) is 2.50. The number of ether oxygens (including phenoxy) is 1. The van der Waals surface area contributed by atoms with E-state index in [9.17, 15) is 9.59 Å². The molecule has 0 radical (unpaired) electrons. The van der Waals surface area contributed by atoms with Crippen LogP contribution < -0.4 is 5.32 Å². The number of thiazole rings is 1. The van der Waals surface area contributed by atoms with Crippen molar-refractivity contribution >= 4 is 57.6 Å². The van der Waals surface area contributed by atoms with Gasteiger partial charge >= 0.3 is 5.97 Å². The second-order valence-corrected chi connectivity index (χ2v) is 10.8. The Morgan fingerprint density at radius 1 is 1.24 bits per heavy atom. The maximum atomic E-state index is 15.5. The Kier molecular flexibility index (Phi) is 10.4. The number of hydrogen-bond acceptors (Lipinski definition) is 5. The number of nitrogens with one attached hydrogen (secondary N) is 1. The van der Waals surface area contributed by atoms with Crippen LogP contribution in [-0.4, -0.2) is 28.6 Å². The van der Waals surface area contributed by atoms with E-state index in [2.05, 4.69) is 24.1 Å². The van der Waals surface area contributed by atoms with Crippen molar-refractivity contribution in [3.05, 3.63) is 73.8 Å². The van der Waals surface area contributed by atoms with Gasteiger partial charge in [0.1, 0.15) is 5.82 Å². The fourth-order valence-electron chi connectivity index (χ4n) is 3.63. The van der Waals surface area contributed by atoms with Gasteiger partial charge in [0, 0.05) is 39.8 Å². The molecule has 0 fully saturated rings. The highest BCUT2D eigenvalue weighted by Gasteiger charge is 2.20. The third-order valence-corrected chi connectivity index (χ3v) is 7.18. The fraction of sp³-hybridized carbons (Fsp3) is 0.321. The van der Waals surface area contributed by atoms with Gasteiger partial charge in [0.2, 0.25) is 0 Å². The van der Waals surface area contributed by atoms with Crippen molar-refractivity contribution in [1.29, 1.82) is 0 Å². The third-order valence-electron chi connectivity index (χ3n) is 5.80. The van der Waals surface area contributed by atoms with Crippen LogP contribution >= 0.6 is 34.5 Å². The van der Waals surface area contributed by atoms with E-state index in [4.69, 9.17) is 33.0 Å². The fourth-order valence-corrected chi connectivity index (χ4v) is 4.93. The predicted molar refractivity (Wildman–Crippen MR) is 152 cm³/mol. The number of amides is 1. The van der Waals surface area contributed by atoms with Gasteiger partial charge in [0.05, 0.1) is 21.8 Å².